The van der Waals surface area contributed by atoms with Crippen molar-refractivity contribution in [3.05, 3.63) is 100 Å². The van der Waals surface area contributed by atoms with Crippen LogP contribution in [0.25, 0.3) is 17.1 Å². The van der Waals surface area contributed by atoms with Gasteiger partial charge >= 0.3 is 0 Å². The van der Waals surface area contributed by atoms with Crippen molar-refractivity contribution in [2.75, 3.05) is 7.11 Å². The van der Waals surface area contributed by atoms with Gasteiger partial charge in [-0.3, -0.25) is 9.36 Å². The van der Waals surface area contributed by atoms with Gasteiger partial charge in [-0.2, -0.15) is 0 Å². The molecule has 0 unspecified atom stereocenters. The maximum atomic E-state index is 13.1. The van der Waals surface area contributed by atoms with Crippen LogP contribution in [0.3, 0.4) is 0 Å². The van der Waals surface area contributed by atoms with Crippen molar-refractivity contribution in [1.29, 1.82) is 0 Å². The zero-order chi connectivity index (χ0) is 20.4. The largest absolute Gasteiger partial charge is 0.497 e. The molecule has 0 amide bonds. The Balaban J connectivity index is 1.86. The van der Waals surface area contributed by atoms with E-state index in [2.05, 4.69) is 4.98 Å². The molecule has 4 aromatic rings. The number of carbonyl (C=O) groups excluding carboxylic acids is 1. The predicted molar refractivity (Wildman–Crippen MR) is 115 cm³/mol. The van der Waals surface area contributed by atoms with Gasteiger partial charge in [-0.1, -0.05) is 47.5 Å². The standard InChI is InChI=1S/C23H16Cl2N2O2/c1-29-18-6-4-5-15(13-18)22(28)21-14-27(17-11-9-16(24)10-12-17)23(26-21)19-7-2-3-8-20(19)25/h2-14H,1H3. The number of rotatable bonds is 5. The van der Waals surface area contributed by atoms with Crippen LogP contribution in [0.15, 0.2) is 79.0 Å². The molecule has 0 spiro atoms. The first kappa shape index (κ1) is 19.2. The van der Waals surface area contributed by atoms with Gasteiger partial charge < -0.3 is 4.74 Å². The van der Waals surface area contributed by atoms with E-state index in [1.54, 1.807) is 55.8 Å². The molecule has 0 aliphatic carbocycles. The number of ketones is 1. The summed E-state index contributed by atoms with van der Waals surface area (Å²) in [5.41, 5.74) is 2.36. The van der Waals surface area contributed by atoms with Gasteiger partial charge in [0.15, 0.2) is 0 Å². The molecule has 1 heterocycles. The summed E-state index contributed by atoms with van der Waals surface area (Å²) in [6, 6.07) is 21.7. The normalized spacial score (nSPS) is 10.7. The fraction of sp³-hybridized carbons (Fsp3) is 0.0435. The SMILES string of the molecule is COc1cccc(C(=O)c2cn(-c3ccc(Cl)cc3)c(-c3ccccc3Cl)n2)c1. The lowest BCUT2D eigenvalue weighted by molar-refractivity contribution is 0.103. The second kappa shape index (κ2) is 8.11. The van der Waals surface area contributed by atoms with Crippen LogP contribution < -0.4 is 4.74 Å². The maximum absolute atomic E-state index is 13.1. The average molecular weight is 423 g/mol. The highest BCUT2D eigenvalue weighted by Gasteiger charge is 2.19. The van der Waals surface area contributed by atoms with Crippen molar-refractivity contribution in [3.63, 3.8) is 0 Å². The van der Waals surface area contributed by atoms with Gasteiger partial charge in [-0.05, 0) is 48.5 Å². The van der Waals surface area contributed by atoms with Gasteiger partial charge in [0, 0.05) is 28.0 Å². The van der Waals surface area contributed by atoms with Crippen LogP contribution in [-0.4, -0.2) is 22.4 Å². The van der Waals surface area contributed by atoms with E-state index >= 15 is 0 Å². The molecular weight excluding hydrogens is 407 g/mol. The molecule has 0 aliphatic rings. The van der Waals surface area contributed by atoms with Crippen molar-refractivity contribution in [3.8, 4) is 22.8 Å². The highest BCUT2D eigenvalue weighted by Crippen LogP contribution is 2.30. The third-order valence-corrected chi connectivity index (χ3v) is 5.07. The molecule has 4 rings (SSSR count). The van der Waals surface area contributed by atoms with Gasteiger partial charge in [0.25, 0.3) is 0 Å². The topological polar surface area (TPSA) is 44.1 Å². The van der Waals surface area contributed by atoms with Crippen molar-refractivity contribution in [2.24, 2.45) is 0 Å². The van der Waals surface area contributed by atoms with E-state index in [0.717, 1.165) is 11.3 Å². The fourth-order valence-electron chi connectivity index (χ4n) is 3.03. The Morgan fingerprint density at radius 3 is 2.45 bits per heavy atom. The highest BCUT2D eigenvalue weighted by molar-refractivity contribution is 6.33. The molecule has 1 aromatic heterocycles. The van der Waals surface area contributed by atoms with Crippen LogP contribution >= 0.6 is 23.2 Å². The second-order valence-corrected chi connectivity index (χ2v) is 7.18. The van der Waals surface area contributed by atoms with Crippen LogP contribution in [0.1, 0.15) is 16.1 Å². The van der Waals surface area contributed by atoms with Crippen LogP contribution in [0.2, 0.25) is 10.0 Å². The lowest BCUT2D eigenvalue weighted by atomic mass is 10.1. The number of methoxy groups -OCH3 is 1. The van der Waals surface area contributed by atoms with Gasteiger partial charge in [0.2, 0.25) is 5.78 Å². The molecule has 0 atom stereocenters. The van der Waals surface area contributed by atoms with Crippen LogP contribution in [0, 0.1) is 0 Å². The summed E-state index contributed by atoms with van der Waals surface area (Å²) >= 11 is 12.4. The number of nitrogens with zero attached hydrogens (tertiary/aromatic N) is 2. The minimum absolute atomic E-state index is 0.204. The van der Waals surface area contributed by atoms with Gasteiger partial charge in [0.1, 0.15) is 17.3 Å². The molecule has 4 nitrogen and oxygen atoms in total. The highest BCUT2D eigenvalue weighted by atomic mass is 35.5. The van der Waals surface area contributed by atoms with E-state index in [1.165, 1.54) is 0 Å². The summed E-state index contributed by atoms with van der Waals surface area (Å²) in [6.07, 6.45) is 1.71. The molecule has 0 fully saturated rings. The van der Waals surface area contributed by atoms with Crippen molar-refractivity contribution in [1.82, 2.24) is 9.55 Å². The fourth-order valence-corrected chi connectivity index (χ4v) is 3.38. The number of hydrogen-bond donors (Lipinski definition) is 0. The molecule has 0 saturated carbocycles. The zero-order valence-corrected chi connectivity index (χ0v) is 17.0. The third-order valence-electron chi connectivity index (χ3n) is 4.49. The number of carbonyl (C=O) groups is 1. The molecule has 0 aliphatic heterocycles. The number of ether oxygens (including phenoxy) is 1. The Labute approximate surface area is 178 Å². The Morgan fingerprint density at radius 1 is 0.966 bits per heavy atom. The summed E-state index contributed by atoms with van der Waals surface area (Å²) in [5.74, 6) is 0.980. The number of halogens is 2. The Morgan fingerprint density at radius 2 is 1.72 bits per heavy atom. The third kappa shape index (κ3) is 3.90. The van der Waals surface area contributed by atoms with Crippen LogP contribution in [0.5, 0.6) is 5.75 Å². The Bertz CT molecular complexity index is 1180. The van der Waals surface area contributed by atoms with E-state index in [4.69, 9.17) is 27.9 Å². The van der Waals surface area contributed by atoms with Crippen LogP contribution in [0.4, 0.5) is 0 Å². The average Bonchev–Trinajstić information content (AvgIpc) is 3.19. The number of imidazole rings is 1. The summed E-state index contributed by atoms with van der Waals surface area (Å²) in [5, 5.41) is 1.18. The minimum atomic E-state index is -0.204. The van der Waals surface area contributed by atoms with Crippen molar-refractivity contribution in [2.45, 2.75) is 0 Å². The lowest BCUT2D eigenvalue weighted by Gasteiger charge is -2.09. The lowest BCUT2D eigenvalue weighted by Crippen LogP contribution is -2.02. The zero-order valence-electron chi connectivity index (χ0n) is 15.5. The van der Waals surface area contributed by atoms with Gasteiger partial charge in [0.05, 0.1) is 12.1 Å². The molecule has 6 heteroatoms. The number of aromatic nitrogens is 2. The van der Waals surface area contributed by atoms with Crippen LogP contribution in [-0.2, 0) is 0 Å². The van der Waals surface area contributed by atoms with E-state index in [-0.39, 0.29) is 5.78 Å². The van der Waals surface area contributed by atoms with Crippen molar-refractivity contribution < 1.29 is 9.53 Å². The first-order valence-electron chi connectivity index (χ1n) is 8.86. The summed E-state index contributed by atoms with van der Waals surface area (Å²) in [4.78, 5) is 17.7. The van der Waals surface area contributed by atoms with E-state index < -0.39 is 0 Å². The van der Waals surface area contributed by atoms with Crippen molar-refractivity contribution >= 4 is 29.0 Å². The molecule has 29 heavy (non-hydrogen) atoms. The van der Waals surface area contributed by atoms with Gasteiger partial charge in [-0.25, -0.2) is 4.98 Å². The molecule has 0 saturated heterocycles. The summed E-state index contributed by atoms with van der Waals surface area (Å²) in [7, 11) is 1.56. The van der Waals surface area contributed by atoms with E-state index in [1.807, 2.05) is 34.9 Å². The smallest absolute Gasteiger partial charge is 0.213 e. The van der Waals surface area contributed by atoms with Gasteiger partial charge in [-0.15, -0.1) is 0 Å². The second-order valence-electron chi connectivity index (χ2n) is 6.34. The predicted octanol–water partition coefficient (Wildman–Crippen LogP) is 6.09. The molecule has 0 bridgehead atoms. The minimum Gasteiger partial charge on any atom is -0.497 e. The molecule has 0 radical (unpaired) electrons. The summed E-state index contributed by atoms with van der Waals surface area (Å²) in [6.45, 7) is 0. The van der Waals surface area contributed by atoms with E-state index in [9.17, 15) is 4.79 Å². The molecule has 144 valence electrons. The first-order valence-corrected chi connectivity index (χ1v) is 9.61. The number of benzene rings is 3. The number of hydrogen-bond acceptors (Lipinski definition) is 3. The quantitative estimate of drug-likeness (QED) is 0.365. The summed E-state index contributed by atoms with van der Waals surface area (Å²) < 4.78 is 7.07. The maximum Gasteiger partial charge on any atom is 0.213 e. The molecule has 0 N–H and O–H groups in total. The Kier molecular flexibility index (Phi) is 5.38. The monoisotopic (exact) mass is 422 g/mol. The molecule has 3 aromatic carbocycles. The Hall–Kier alpha value is -3.08. The van der Waals surface area contributed by atoms with E-state index in [0.29, 0.717) is 32.9 Å². The first-order chi connectivity index (χ1) is 14.1. The molecular formula is C23H16Cl2N2O2.